The molecule has 1 aromatic rings. The Labute approximate surface area is 151 Å². The lowest BCUT2D eigenvalue weighted by Crippen LogP contribution is -2.49. The van der Waals surface area contributed by atoms with Crippen LogP contribution in [0.4, 0.5) is 10.6 Å². The molecule has 0 aromatic carbocycles. The molecule has 2 rings (SSSR count). The number of aromatic nitrogens is 2. The number of halogens is 1. The van der Waals surface area contributed by atoms with Gasteiger partial charge in [-0.25, -0.2) is 14.8 Å². The second-order valence-corrected chi connectivity index (χ2v) is 6.76. The van der Waals surface area contributed by atoms with Gasteiger partial charge in [-0.05, 0) is 45.4 Å². The maximum Gasteiger partial charge on any atom is 0.405 e. The molecule has 8 nitrogen and oxygen atoms in total. The van der Waals surface area contributed by atoms with E-state index < -0.39 is 12.1 Å². The van der Waals surface area contributed by atoms with Crippen molar-refractivity contribution in [2.45, 2.75) is 45.6 Å². The molecule has 1 saturated heterocycles. The Balaban J connectivity index is 1.83. The van der Waals surface area contributed by atoms with E-state index in [1.54, 1.807) is 18.7 Å². The Morgan fingerprint density at radius 3 is 2.60 bits per heavy atom. The monoisotopic (exact) mass is 369 g/mol. The fraction of sp³-hybridized carbons (Fsp3) is 0.625. The van der Waals surface area contributed by atoms with Crippen LogP contribution in [0.25, 0.3) is 0 Å². The molecule has 1 aliphatic rings. The second-order valence-electron chi connectivity index (χ2n) is 6.40. The van der Waals surface area contributed by atoms with Gasteiger partial charge in [0, 0.05) is 18.7 Å². The number of nitrogen functional groups attached to an aromatic ring is 1. The molecular formula is C16H24ClN5O3. The van der Waals surface area contributed by atoms with Gasteiger partial charge in [0.15, 0.2) is 0 Å². The van der Waals surface area contributed by atoms with Gasteiger partial charge in [-0.3, -0.25) is 4.79 Å². The summed E-state index contributed by atoms with van der Waals surface area (Å²) < 4.78 is 0. The van der Waals surface area contributed by atoms with Gasteiger partial charge < -0.3 is 21.1 Å². The lowest BCUT2D eigenvalue weighted by Gasteiger charge is -2.33. The highest BCUT2D eigenvalue weighted by Crippen LogP contribution is 2.26. The molecule has 0 aliphatic carbocycles. The van der Waals surface area contributed by atoms with E-state index in [-0.39, 0.29) is 5.91 Å². The van der Waals surface area contributed by atoms with Crippen molar-refractivity contribution in [1.82, 2.24) is 20.2 Å². The fourth-order valence-corrected chi connectivity index (χ4v) is 3.44. The first-order valence-corrected chi connectivity index (χ1v) is 8.72. The first kappa shape index (κ1) is 19.2. The molecule has 1 aromatic heterocycles. The van der Waals surface area contributed by atoms with E-state index in [9.17, 15) is 9.59 Å². The van der Waals surface area contributed by atoms with Gasteiger partial charge in [0.05, 0.1) is 0 Å². The highest BCUT2D eigenvalue weighted by molar-refractivity contribution is 6.30. The number of amides is 2. The van der Waals surface area contributed by atoms with E-state index in [2.05, 4.69) is 15.3 Å². The molecule has 2 amide bonds. The standard InChI is InChI=1S/C16H24ClN5O3/c1-9(19-16(24)25)15(23)22-7-5-11(6-8-22)3-4-12-13(17)20-10(2)21-14(12)18/h9,11,19H,3-8H2,1-2H3,(H,24,25)(H2,18,20,21)/t9-/m0/s1. The van der Waals surface area contributed by atoms with Gasteiger partial charge in [-0.2, -0.15) is 0 Å². The zero-order chi connectivity index (χ0) is 18.6. The van der Waals surface area contributed by atoms with Crippen LogP contribution in [-0.2, 0) is 11.2 Å². The van der Waals surface area contributed by atoms with Crippen LogP contribution in [0.1, 0.15) is 37.6 Å². The van der Waals surface area contributed by atoms with E-state index in [0.29, 0.717) is 42.2 Å². The molecule has 1 atom stereocenters. The number of hydrogen-bond donors (Lipinski definition) is 3. The molecule has 25 heavy (non-hydrogen) atoms. The fourth-order valence-electron chi connectivity index (χ4n) is 3.12. The summed E-state index contributed by atoms with van der Waals surface area (Å²) in [5.41, 5.74) is 6.71. The third-order valence-electron chi connectivity index (χ3n) is 4.54. The molecule has 0 radical (unpaired) electrons. The first-order chi connectivity index (χ1) is 11.8. The highest BCUT2D eigenvalue weighted by atomic mass is 35.5. The molecule has 0 bridgehead atoms. The predicted molar refractivity (Wildman–Crippen MR) is 94.4 cm³/mol. The summed E-state index contributed by atoms with van der Waals surface area (Å²) in [6, 6.07) is -0.725. The average Bonchev–Trinajstić information content (AvgIpc) is 2.53. The minimum atomic E-state index is -1.19. The molecule has 4 N–H and O–H groups in total. The van der Waals surface area contributed by atoms with E-state index >= 15 is 0 Å². The Morgan fingerprint density at radius 1 is 1.40 bits per heavy atom. The summed E-state index contributed by atoms with van der Waals surface area (Å²) in [7, 11) is 0. The molecule has 0 saturated carbocycles. The number of aryl methyl sites for hydroxylation is 1. The number of nitrogens with one attached hydrogen (secondary N) is 1. The number of nitrogens with zero attached hydrogens (tertiary/aromatic N) is 3. The third kappa shape index (κ3) is 5.19. The van der Waals surface area contributed by atoms with Gasteiger partial charge in [0.25, 0.3) is 0 Å². The summed E-state index contributed by atoms with van der Waals surface area (Å²) in [5.74, 6) is 1.27. The van der Waals surface area contributed by atoms with Gasteiger partial charge in [0.2, 0.25) is 5.91 Å². The number of hydrogen-bond acceptors (Lipinski definition) is 5. The normalized spacial score (nSPS) is 16.5. The molecule has 0 spiro atoms. The largest absolute Gasteiger partial charge is 0.465 e. The van der Waals surface area contributed by atoms with E-state index in [1.807, 2.05) is 0 Å². The van der Waals surface area contributed by atoms with Crippen LogP contribution in [0.2, 0.25) is 5.15 Å². The third-order valence-corrected chi connectivity index (χ3v) is 4.85. The SMILES string of the molecule is Cc1nc(N)c(CCC2CCN(C(=O)[C@H](C)NC(=O)O)CC2)c(Cl)n1. The molecular weight excluding hydrogens is 346 g/mol. The second kappa shape index (κ2) is 8.33. The van der Waals surface area contributed by atoms with Crippen molar-refractivity contribution in [2.75, 3.05) is 18.8 Å². The Bertz CT molecular complexity index is 624. The van der Waals surface area contributed by atoms with Gasteiger partial charge in [-0.1, -0.05) is 11.6 Å². The summed E-state index contributed by atoms with van der Waals surface area (Å²) in [6.07, 6.45) is 2.17. The summed E-state index contributed by atoms with van der Waals surface area (Å²) in [5, 5.41) is 11.3. The van der Waals surface area contributed by atoms with Crippen LogP contribution in [-0.4, -0.2) is 51.1 Å². The Hall–Kier alpha value is -2.09. The van der Waals surface area contributed by atoms with E-state index in [1.165, 1.54) is 0 Å². The zero-order valence-electron chi connectivity index (χ0n) is 14.5. The zero-order valence-corrected chi connectivity index (χ0v) is 15.2. The van der Waals surface area contributed by atoms with Crippen molar-refractivity contribution in [3.8, 4) is 0 Å². The lowest BCUT2D eigenvalue weighted by molar-refractivity contribution is -0.134. The first-order valence-electron chi connectivity index (χ1n) is 8.34. The number of anilines is 1. The van der Waals surface area contributed by atoms with E-state index in [0.717, 1.165) is 24.8 Å². The van der Waals surface area contributed by atoms with Gasteiger partial charge in [-0.15, -0.1) is 0 Å². The molecule has 0 unspecified atom stereocenters. The maximum atomic E-state index is 12.2. The van der Waals surface area contributed by atoms with Crippen molar-refractivity contribution >= 4 is 29.4 Å². The van der Waals surface area contributed by atoms with Crippen LogP contribution in [0.15, 0.2) is 0 Å². The Morgan fingerprint density at radius 2 is 2.04 bits per heavy atom. The highest BCUT2D eigenvalue weighted by Gasteiger charge is 2.27. The molecule has 2 heterocycles. The number of nitrogens with two attached hydrogens (primary N) is 1. The van der Waals surface area contributed by atoms with Crippen LogP contribution in [0, 0.1) is 12.8 Å². The Kier molecular flexibility index (Phi) is 6.41. The number of likely N-dealkylation sites (tertiary alicyclic amines) is 1. The number of rotatable bonds is 5. The van der Waals surface area contributed by atoms with Gasteiger partial charge in [0.1, 0.15) is 22.8 Å². The van der Waals surface area contributed by atoms with Gasteiger partial charge >= 0.3 is 6.09 Å². The smallest absolute Gasteiger partial charge is 0.405 e. The summed E-state index contributed by atoms with van der Waals surface area (Å²) in [4.78, 5) is 32.8. The predicted octanol–water partition coefficient (Wildman–Crippen LogP) is 1.85. The number of carboxylic acid groups (broad SMARTS) is 1. The van der Waals surface area contributed by atoms with Crippen LogP contribution >= 0.6 is 11.6 Å². The summed E-state index contributed by atoms with van der Waals surface area (Å²) in [6.45, 7) is 4.56. The lowest BCUT2D eigenvalue weighted by atomic mass is 9.90. The number of piperidine rings is 1. The molecule has 1 aliphatic heterocycles. The number of carbonyl (C=O) groups excluding carboxylic acids is 1. The minimum absolute atomic E-state index is 0.180. The van der Waals surface area contributed by atoms with E-state index in [4.69, 9.17) is 22.4 Å². The van der Waals surface area contributed by atoms with Crippen molar-refractivity contribution in [3.63, 3.8) is 0 Å². The van der Waals surface area contributed by atoms with Crippen LogP contribution in [0.3, 0.4) is 0 Å². The molecule has 9 heteroatoms. The average molecular weight is 370 g/mol. The topological polar surface area (TPSA) is 121 Å². The summed E-state index contributed by atoms with van der Waals surface area (Å²) >= 11 is 6.15. The van der Waals surface area contributed by atoms with Crippen molar-refractivity contribution in [2.24, 2.45) is 5.92 Å². The van der Waals surface area contributed by atoms with Crippen LogP contribution in [0.5, 0.6) is 0 Å². The maximum absolute atomic E-state index is 12.2. The number of carbonyl (C=O) groups is 2. The molecule has 138 valence electrons. The molecule has 1 fully saturated rings. The van der Waals surface area contributed by atoms with Crippen molar-refractivity contribution in [1.29, 1.82) is 0 Å². The quantitative estimate of drug-likeness (QED) is 0.681. The van der Waals surface area contributed by atoms with Crippen molar-refractivity contribution in [3.05, 3.63) is 16.5 Å². The van der Waals surface area contributed by atoms with Crippen LogP contribution < -0.4 is 11.1 Å². The van der Waals surface area contributed by atoms with Crippen molar-refractivity contribution < 1.29 is 14.7 Å². The minimum Gasteiger partial charge on any atom is -0.465 e.